The van der Waals surface area contributed by atoms with Gasteiger partial charge in [-0.3, -0.25) is 0 Å². The standard InChI is InChI=1S/C29H27F4N6OP/c1-20-26-28(39(35-20)23-8-4-3-5-9-23)34-27(21-12-14-22(30)15-13-21)37(2)41(26,38-16-18-40-19-17-38)36-25-11-7-6-10-24(25)29(31,32)33/h3-15H,16-19H2,1-2H3. The topological polar surface area (TPSA) is 58.3 Å². The summed E-state index contributed by atoms with van der Waals surface area (Å²) < 4.78 is 73.3. The minimum absolute atomic E-state index is 0.162. The Kier molecular flexibility index (Phi) is 7.05. The molecule has 212 valence electrons. The maximum atomic E-state index is 14.3. The maximum Gasteiger partial charge on any atom is 0.418 e. The number of hydrogen-bond donors (Lipinski definition) is 0. The van der Waals surface area contributed by atoms with Crippen molar-refractivity contribution in [3.63, 3.8) is 0 Å². The van der Waals surface area contributed by atoms with E-state index in [0.29, 0.717) is 54.5 Å². The zero-order valence-corrected chi connectivity index (χ0v) is 23.3. The first-order valence-corrected chi connectivity index (χ1v) is 14.7. The van der Waals surface area contributed by atoms with Gasteiger partial charge in [-0.05, 0) is 55.5 Å². The highest BCUT2D eigenvalue weighted by Crippen LogP contribution is 2.62. The number of para-hydroxylation sites is 1. The molecule has 0 amide bonds. The van der Waals surface area contributed by atoms with E-state index in [2.05, 4.69) is 4.67 Å². The summed E-state index contributed by atoms with van der Waals surface area (Å²) in [5, 5.41) is 5.53. The van der Waals surface area contributed by atoms with Crippen molar-refractivity contribution < 1.29 is 22.3 Å². The Morgan fingerprint density at radius 2 is 1.56 bits per heavy atom. The lowest BCUT2D eigenvalue weighted by molar-refractivity contribution is -0.137. The molecular formula is C29H27F4N6OP. The maximum absolute atomic E-state index is 14.3. The number of hydrogen-bond acceptors (Lipinski definition) is 4. The van der Waals surface area contributed by atoms with E-state index in [4.69, 9.17) is 19.6 Å². The first kappa shape index (κ1) is 27.4. The molecule has 1 fully saturated rings. The molecule has 41 heavy (non-hydrogen) atoms. The van der Waals surface area contributed by atoms with Crippen molar-refractivity contribution in [2.45, 2.75) is 13.1 Å². The van der Waals surface area contributed by atoms with E-state index >= 15 is 0 Å². The molecule has 0 N–H and O–H groups in total. The Labute approximate surface area is 234 Å². The lowest BCUT2D eigenvalue weighted by Crippen LogP contribution is -2.45. The van der Waals surface area contributed by atoms with Gasteiger partial charge in [0.25, 0.3) is 0 Å². The third-order valence-electron chi connectivity index (χ3n) is 7.18. The van der Waals surface area contributed by atoms with Crippen molar-refractivity contribution in [3.8, 4) is 5.69 Å². The lowest BCUT2D eigenvalue weighted by atomic mass is 10.2. The number of nitrogens with zero attached hydrogens (tertiary/aromatic N) is 6. The highest BCUT2D eigenvalue weighted by Gasteiger charge is 2.46. The van der Waals surface area contributed by atoms with Crippen molar-refractivity contribution in [3.05, 3.63) is 102 Å². The van der Waals surface area contributed by atoms with E-state index < -0.39 is 24.9 Å². The van der Waals surface area contributed by atoms with Crippen LogP contribution in [0.25, 0.3) is 5.69 Å². The number of morpholine rings is 1. The summed E-state index contributed by atoms with van der Waals surface area (Å²) in [7, 11) is -1.43. The number of aryl methyl sites for hydroxylation is 1. The van der Waals surface area contributed by atoms with Crippen LogP contribution in [0.4, 0.5) is 29.1 Å². The molecular weight excluding hydrogens is 555 g/mol. The molecule has 1 saturated heterocycles. The summed E-state index contributed by atoms with van der Waals surface area (Å²) in [5.41, 5.74) is 0.992. The quantitative estimate of drug-likeness (QED) is 0.199. The first-order valence-electron chi connectivity index (χ1n) is 13.1. The molecule has 3 aromatic carbocycles. The fourth-order valence-electron chi connectivity index (χ4n) is 5.31. The van der Waals surface area contributed by atoms with Crippen LogP contribution < -0.4 is 5.30 Å². The molecule has 0 spiro atoms. The molecule has 0 saturated carbocycles. The zero-order chi connectivity index (χ0) is 28.8. The average Bonchev–Trinajstić information content (AvgIpc) is 3.32. The van der Waals surface area contributed by atoms with Gasteiger partial charge in [0.1, 0.15) is 11.7 Å². The van der Waals surface area contributed by atoms with Crippen molar-refractivity contribution in [1.82, 2.24) is 19.1 Å². The molecule has 7 nitrogen and oxygen atoms in total. The molecule has 0 aliphatic carbocycles. The average molecular weight is 583 g/mol. The van der Waals surface area contributed by atoms with Crippen LogP contribution >= 0.6 is 7.36 Å². The van der Waals surface area contributed by atoms with Gasteiger partial charge in [0.15, 0.2) is 13.2 Å². The van der Waals surface area contributed by atoms with E-state index in [1.807, 2.05) is 41.9 Å². The lowest BCUT2D eigenvalue weighted by Gasteiger charge is -2.46. The van der Waals surface area contributed by atoms with Gasteiger partial charge in [-0.1, -0.05) is 30.3 Å². The number of alkyl halides is 3. The van der Waals surface area contributed by atoms with Gasteiger partial charge in [-0.2, -0.15) is 18.3 Å². The molecule has 2 aliphatic rings. The highest BCUT2D eigenvalue weighted by molar-refractivity contribution is 7.70. The Hall–Kier alpha value is -3.79. The third kappa shape index (κ3) is 4.77. The van der Waals surface area contributed by atoms with E-state index in [9.17, 15) is 17.6 Å². The predicted molar refractivity (Wildman–Crippen MR) is 151 cm³/mol. The largest absolute Gasteiger partial charge is 0.418 e. The van der Waals surface area contributed by atoms with Gasteiger partial charge >= 0.3 is 6.18 Å². The number of amidine groups is 1. The Morgan fingerprint density at radius 3 is 2.24 bits per heavy atom. The van der Waals surface area contributed by atoms with Gasteiger partial charge in [-0.25, -0.2) is 23.5 Å². The molecule has 0 radical (unpaired) electrons. The normalized spacial score (nSPS) is 19.6. The van der Waals surface area contributed by atoms with Crippen LogP contribution in [-0.2, 0) is 10.9 Å². The molecule has 3 heterocycles. The molecule has 6 rings (SSSR count). The number of rotatable bonds is 4. The number of aliphatic imine (C=N–C) groups is 1. The number of ether oxygens (including phenoxy) is 1. The Bertz CT molecular complexity index is 1660. The second kappa shape index (κ2) is 10.6. The molecule has 1 unspecified atom stereocenters. The predicted octanol–water partition coefficient (Wildman–Crippen LogP) is 6.68. The number of halogens is 4. The minimum Gasteiger partial charge on any atom is -0.379 e. The fraction of sp³-hybridized carbons (Fsp3) is 0.241. The van der Waals surface area contributed by atoms with Crippen LogP contribution in [0, 0.1) is 12.7 Å². The van der Waals surface area contributed by atoms with Gasteiger partial charge in [0.05, 0.1) is 41.2 Å². The van der Waals surface area contributed by atoms with Crippen molar-refractivity contribution in [1.29, 1.82) is 0 Å². The molecule has 2 aliphatic heterocycles. The first-order chi connectivity index (χ1) is 19.7. The molecule has 1 atom stereocenters. The second-order valence-electron chi connectivity index (χ2n) is 9.72. The van der Waals surface area contributed by atoms with Crippen LogP contribution in [0.2, 0.25) is 0 Å². The van der Waals surface area contributed by atoms with Crippen molar-refractivity contribution in [2.75, 3.05) is 33.4 Å². The van der Waals surface area contributed by atoms with E-state index in [1.54, 1.807) is 29.9 Å². The van der Waals surface area contributed by atoms with Crippen LogP contribution in [0.1, 0.15) is 16.8 Å². The van der Waals surface area contributed by atoms with Crippen molar-refractivity contribution >= 4 is 30.0 Å². The minimum atomic E-state index is -4.61. The Balaban J connectivity index is 1.73. The molecule has 1 aromatic heterocycles. The third-order valence-corrected chi connectivity index (χ3v) is 11.0. The fourth-order valence-corrected chi connectivity index (χ4v) is 9.14. The summed E-state index contributed by atoms with van der Waals surface area (Å²) >= 11 is 0. The van der Waals surface area contributed by atoms with Gasteiger partial charge < -0.3 is 9.41 Å². The van der Waals surface area contributed by atoms with Gasteiger partial charge in [0.2, 0.25) is 0 Å². The molecule has 0 bridgehead atoms. The van der Waals surface area contributed by atoms with Crippen molar-refractivity contribution in [2.24, 2.45) is 9.74 Å². The summed E-state index contributed by atoms with van der Waals surface area (Å²) in [5.74, 6) is 0.540. The summed E-state index contributed by atoms with van der Waals surface area (Å²) in [6.45, 7) is 3.53. The van der Waals surface area contributed by atoms with Gasteiger partial charge in [0, 0.05) is 25.7 Å². The SMILES string of the molecule is Cc1nn(-c2ccccc2)c2c1P(=Nc1ccccc1C(F)(F)F)(N1CCOCC1)N(C)C(c1ccc(F)cc1)=N2. The van der Waals surface area contributed by atoms with Crippen LogP contribution in [0.5, 0.6) is 0 Å². The number of fused-ring (bicyclic) bond motifs is 1. The zero-order valence-electron chi connectivity index (χ0n) is 22.4. The highest BCUT2D eigenvalue weighted by atomic mass is 31.2. The molecule has 4 aromatic rings. The van der Waals surface area contributed by atoms with Crippen LogP contribution in [-0.4, -0.2) is 58.3 Å². The Morgan fingerprint density at radius 1 is 0.902 bits per heavy atom. The molecule has 12 heteroatoms. The monoisotopic (exact) mass is 582 g/mol. The summed E-state index contributed by atoms with van der Waals surface area (Å²) in [4.78, 5) is 5.03. The van der Waals surface area contributed by atoms with Crippen LogP contribution in [0.15, 0.2) is 88.6 Å². The number of aromatic nitrogens is 2. The van der Waals surface area contributed by atoms with Crippen LogP contribution in [0.3, 0.4) is 0 Å². The van der Waals surface area contributed by atoms with E-state index in [0.717, 1.165) is 11.8 Å². The van der Waals surface area contributed by atoms with E-state index in [-0.39, 0.29) is 5.69 Å². The second-order valence-corrected chi connectivity index (χ2v) is 12.7. The van der Waals surface area contributed by atoms with E-state index in [1.165, 1.54) is 24.3 Å². The number of benzene rings is 3. The smallest absolute Gasteiger partial charge is 0.379 e. The summed E-state index contributed by atoms with van der Waals surface area (Å²) in [6, 6.07) is 20.7. The summed E-state index contributed by atoms with van der Waals surface area (Å²) in [6.07, 6.45) is -4.61. The van der Waals surface area contributed by atoms with Gasteiger partial charge in [-0.15, -0.1) is 0 Å².